The maximum atomic E-state index is 11.4. The number of aliphatic carboxylic acids is 5. The van der Waals surface area contributed by atoms with Crippen molar-refractivity contribution in [1.29, 1.82) is 0 Å². The van der Waals surface area contributed by atoms with Crippen LogP contribution in [0, 0.1) is 0 Å². The summed E-state index contributed by atoms with van der Waals surface area (Å²) < 4.78 is 0. The van der Waals surface area contributed by atoms with Crippen molar-refractivity contribution in [2.45, 2.75) is 12.5 Å². The third-order valence-electron chi connectivity index (χ3n) is 4.88. The van der Waals surface area contributed by atoms with Crippen LogP contribution >= 0.6 is 0 Å². The fourth-order valence-corrected chi connectivity index (χ4v) is 3.48. The van der Waals surface area contributed by atoms with E-state index in [9.17, 15) is 44.4 Å². The first-order valence-electron chi connectivity index (χ1n) is 10.4. The van der Waals surface area contributed by atoms with Gasteiger partial charge in [0, 0.05) is 25.7 Å². The number of aromatic hydroxyl groups is 1. The van der Waals surface area contributed by atoms with E-state index in [0.29, 0.717) is 5.56 Å². The van der Waals surface area contributed by atoms with E-state index in [4.69, 9.17) is 10.2 Å². The highest BCUT2D eigenvalue weighted by Crippen LogP contribution is 2.15. The van der Waals surface area contributed by atoms with E-state index in [1.165, 1.54) is 21.9 Å². The first-order valence-corrected chi connectivity index (χ1v) is 10.4. The molecule has 1 aromatic carbocycles. The molecule has 0 aliphatic heterocycles. The SMILES string of the molecule is O=C(O)CN(CCN(CC(=O)O)C[C@H](Cc1ccc(O)cc1)N(CC(=O)O)CC(=O)O)CC(=O)O. The summed E-state index contributed by atoms with van der Waals surface area (Å²) in [5.74, 6) is -6.37. The van der Waals surface area contributed by atoms with Gasteiger partial charge in [-0.05, 0) is 24.1 Å². The van der Waals surface area contributed by atoms with Crippen LogP contribution in [0.5, 0.6) is 5.75 Å². The van der Waals surface area contributed by atoms with E-state index in [1.54, 1.807) is 12.1 Å². The zero-order valence-corrected chi connectivity index (χ0v) is 18.8. The molecule has 35 heavy (non-hydrogen) atoms. The van der Waals surface area contributed by atoms with Crippen molar-refractivity contribution in [3.05, 3.63) is 29.8 Å². The lowest BCUT2D eigenvalue weighted by molar-refractivity contribution is -0.144. The van der Waals surface area contributed by atoms with Crippen LogP contribution in [0.1, 0.15) is 5.56 Å². The highest BCUT2D eigenvalue weighted by molar-refractivity contribution is 5.73. The Morgan fingerprint density at radius 3 is 1.46 bits per heavy atom. The van der Waals surface area contributed by atoms with Crippen molar-refractivity contribution in [3.8, 4) is 5.75 Å². The number of rotatable bonds is 18. The monoisotopic (exact) mass is 499 g/mol. The number of hydrogen-bond donors (Lipinski definition) is 6. The van der Waals surface area contributed by atoms with Gasteiger partial charge in [0.25, 0.3) is 0 Å². The van der Waals surface area contributed by atoms with E-state index in [1.807, 2.05) is 0 Å². The second-order valence-corrected chi connectivity index (χ2v) is 7.84. The topological polar surface area (TPSA) is 216 Å². The molecule has 1 aromatic rings. The molecule has 0 bridgehead atoms. The molecule has 0 saturated carbocycles. The number of phenols is 1. The molecule has 194 valence electrons. The largest absolute Gasteiger partial charge is 0.508 e. The van der Waals surface area contributed by atoms with Gasteiger partial charge in [0.2, 0.25) is 0 Å². The molecule has 0 aliphatic rings. The van der Waals surface area contributed by atoms with E-state index >= 15 is 0 Å². The van der Waals surface area contributed by atoms with Gasteiger partial charge in [-0.15, -0.1) is 0 Å². The van der Waals surface area contributed by atoms with Crippen LogP contribution in [0.25, 0.3) is 0 Å². The normalized spacial score (nSPS) is 12.1. The molecule has 0 unspecified atom stereocenters. The third kappa shape index (κ3) is 12.9. The van der Waals surface area contributed by atoms with E-state index < -0.39 is 68.6 Å². The third-order valence-corrected chi connectivity index (χ3v) is 4.88. The number of phenolic OH excluding ortho intramolecular Hbond substituents is 1. The molecule has 1 atom stereocenters. The predicted molar refractivity (Wildman–Crippen MR) is 118 cm³/mol. The van der Waals surface area contributed by atoms with Gasteiger partial charge in [-0.2, -0.15) is 0 Å². The van der Waals surface area contributed by atoms with Crippen molar-refractivity contribution in [1.82, 2.24) is 14.7 Å². The second kappa shape index (κ2) is 14.5. The second-order valence-electron chi connectivity index (χ2n) is 7.84. The lowest BCUT2D eigenvalue weighted by Gasteiger charge is -2.34. The molecule has 1 rings (SSSR count). The van der Waals surface area contributed by atoms with Crippen LogP contribution in [-0.2, 0) is 30.4 Å². The maximum Gasteiger partial charge on any atom is 0.317 e. The van der Waals surface area contributed by atoms with E-state index in [2.05, 4.69) is 0 Å². The summed E-state index contributed by atoms with van der Waals surface area (Å²) in [6.45, 7) is -3.29. The Kier molecular flexibility index (Phi) is 12.1. The van der Waals surface area contributed by atoms with Crippen molar-refractivity contribution in [2.24, 2.45) is 0 Å². The number of carboxylic acid groups (broad SMARTS) is 5. The van der Waals surface area contributed by atoms with Gasteiger partial charge < -0.3 is 30.6 Å². The van der Waals surface area contributed by atoms with Crippen LogP contribution in [0.15, 0.2) is 24.3 Å². The van der Waals surface area contributed by atoms with Gasteiger partial charge in [0.05, 0.1) is 32.7 Å². The Labute approximate surface area is 200 Å². The van der Waals surface area contributed by atoms with Gasteiger partial charge in [-0.3, -0.25) is 38.7 Å². The molecular formula is C21H29N3O11. The Morgan fingerprint density at radius 1 is 0.629 bits per heavy atom. The fraction of sp³-hybridized carbons (Fsp3) is 0.476. The van der Waals surface area contributed by atoms with Crippen LogP contribution in [-0.4, -0.2) is 134 Å². The van der Waals surface area contributed by atoms with Crippen LogP contribution < -0.4 is 0 Å². The van der Waals surface area contributed by atoms with Gasteiger partial charge in [0.1, 0.15) is 5.75 Å². The van der Waals surface area contributed by atoms with Gasteiger partial charge >= 0.3 is 29.8 Å². The number of carbonyl (C=O) groups is 5. The molecule has 14 nitrogen and oxygen atoms in total. The number of carboxylic acids is 5. The summed E-state index contributed by atoms with van der Waals surface area (Å²) in [6.07, 6.45) is 0.116. The Hall–Kier alpha value is -3.75. The predicted octanol–water partition coefficient (Wildman–Crippen LogP) is -1.37. The quantitative estimate of drug-likeness (QED) is 0.137. The molecule has 0 heterocycles. The Balaban J connectivity index is 3.17. The molecule has 6 N–H and O–H groups in total. The average molecular weight is 499 g/mol. The van der Waals surface area contributed by atoms with Crippen molar-refractivity contribution >= 4 is 29.8 Å². The molecule has 0 fully saturated rings. The lowest BCUT2D eigenvalue weighted by Crippen LogP contribution is -2.51. The van der Waals surface area contributed by atoms with Gasteiger partial charge in [0.15, 0.2) is 0 Å². The summed E-state index contributed by atoms with van der Waals surface area (Å²) in [5.41, 5.74) is 0.627. The molecule has 0 aromatic heterocycles. The standard InChI is InChI=1S/C21H29N3O11/c25-16-3-1-14(2-4-16)7-15(24(12-20(32)33)13-21(34)35)8-22(9-17(26)27)5-6-23(10-18(28)29)11-19(30)31/h1-4,15,25H,5-13H2,(H,26,27)(H,28,29)(H,30,31)(H,32,33)(H,34,35)/t15-/m0/s1. The zero-order chi connectivity index (χ0) is 26.5. The summed E-state index contributed by atoms with van der Waals surface area (Å²) in [7, 11) is 0. The van der Waals surface area contributed by atoms with E-state index in [-0.39, 0.29) is 31.8 Å². The highest BCUT2D eigenvalue weighted by atomic mass is 16.4. The van der Waals surface area contributed by atoms with Crippen LogP contribution in [0.4, 0.5) is 0 Å². The molecule has 14 heteroatoms. The number of hydrogen-bond acceptors (Lipinski definition) is 9. The number of nitrogens with zero attached hydrogens (tertiary/aromatic N) is 3. The molecule has 0 spiro atoms. The minimum absolute atomic E-state index is 0.0114. The van der Waals surface area contributed by atoms with Gasteiger partial charge in [-0.1, -0.05) is 12.1 Å². The maximum absolute atomic E-state index is 11.4. The minimum Gasteiger partial charge on any atom is -0.508 e. The van der Waals surface area contributed by atoms with Crippen molar-refractivity contribution in [2.75, 3.05) is 52.4 Å². The summed E-state index contributed by atoms with van der Waals surface area (Å²) in [5, 5.41) is 55.4. The number of benzene rings is 1. The molecule has 0 amide bonds. The summed E-state index contributed by atoms with van der Waals surface area (Å²) >= 11 is 0. The molecular weight excluding hydrogens is 470 g/mol. The smallest absolute Gasteiger partial charge is 0.317 e. The van der Waals surface area contributed by atoms with Crippen molar-refractivity contribution in [3.63, 3.8) is 0 Å². The fourth-order valence-electron chi connectivity index (χ4n) is 3.48. The van der Waals surface area contributed by atoms with Crippen LogP contribution in [0.2, 0.25) is 0 Å². The molecule has 0 aliphatic carbocycles. The minimum atomic E-state index is -1.29. The van der Waals surface area contributed by atoms with Gasteiger partial charge in [-0.25, -0.2) is 0 Å². The lowest BCUT2D eigenvalue weighted by atomic mass is 10.0. The molecule has 0 radical (unpaired) electrons. The first-order chi connectivity index (χ1) is 16.3. The van der Waals surface area contributed by atoms with Crippen LogP contribution in [0.3, 0.4) is 0 Å². The zero-order valence-electron chi connectivity index (χ0n) is 18.8. The summed E-state index contributed by atoms with van der Waals surface area (Å²) in [6, 6.07) is 5.13. The Bertz CT molecular complexity index is 859. The average Bonchev–Trinajstić information content (AvgIpc) is 2.70. The van der Waals surface area contributed by atoms with E-state index in [0.717, 1.165) is 4.90 Å². The molecule has 0 saturated heterocycles. The highest BCUT2D eigenvalue weighted by Gasteiger charge is 2.27. The first kappa shape index (κ1) is 29.3. The summed E-state index contributed by atoms with van der Waals surface area (Å²) in [4.78, 5) is 59.9. The van der Waals surface area contributed by atoms with Crippen molar-refractivity contribution < 1.29 is 54.6 Å². The Morgan fingerprint density at radius 2 is 1.03 bits per heavy atom.